The zero-order valence-corrected chi connectivity index (χ0v) is 9.04. The highest BCUT2D eigenvalue weighted by Gasteiger charge is 2.13. The number of rotatable bonds is 3. The predicted molar refractivity (Wildman–Crippen MR) is 59.8 cm³/mol. The second-order valence-electron chi connectivity index (χ2n) is 3.38. The molecule has 1 radical (unpaired) electrons. The quantitative estimate of drug-likeness (QED) is 0.727. The van der Waals surface area contributed by atoms with Gasteiger partial charge in [0.05, 0.1) is 24.4 Å². The van der Waals surface area contributed by atoms with Crippen LogP contribution in [0.25, 0.3) is 0 Å². The van der Waals surface area contributed by atoms with Crippen LogP contribution in [0.5, 0.6) is 0 Å². The molecule has 0 aromatic carbocycles. The molecule has 1 heterocycles. The molecule has 2 rings (SSSR count). The van der Waals surface area contributed by atoms with E-state index in [4.69, 9.17) is 4.74 Å². The van der Waals surface area contributed by atoms with Crippen molar-refractivity contribution in [2.45, 2.75) is 13.0 Å². The highest BCUT2D eigenvalue weighted by atomic mass is 16.5. The maximum Gasteiger partial charge on any atom is 0.341 e. The monoisotopic (exact) mass is 217 g/mol. The minimum atomic E-state index is -0.330. The normalized spacial score (nSPS) is 18.7. The van der Waals surface area contributed by atoms with Crippen molar-refractivity contribution in [3.8, 4) is 0 Å². The average Bonchev–Trinajstić information content (AvgIpc) is 2.80. The molecule has 0 spiro atoms. The fourth-order valence-corrected chi connectivity index (χ4v) is 1.48. The molecule has 1 aromatic rings. The molecule has 1 aliphatic carbocycles. The van der Waals surface area contributed by atoms with Gasteiger partial charge >= 0.3 is 5.97 Å². The number of carbonyl (C=O) groups is 1. The number of aromatic nitrogens is 2. The summed E-state index contributed by atoms with van der Waals surface area (Å²) < 4.78 is 6.62. The first-order valence-corrected chi connectivity index (χ1v) is 5.21. The van der Waals surface area contributed by atoms with Crippen molar-refractivity contribution in [3.05, 3.63) is 48.7 Å². The van der Waals surface area contributed by atoms with Gasteiger partial charge in [-0.05, 0) is 6.92 Å². The standard InChI is InChI=1S/C12H13N2O2/c1-2-16-12(15)10-8-13-14(9-10)11-6-4-3-5-7-11/h3-9,11H,2H2,1H3. The molecule has 1 unspecified atom stereocenters. The molecular formula is C12H13N2O2. The van der Waals surface area contributed by atoms with Crippen LogP contribution in [0.1, 0.15) is 23.3 Å². The molecular weight excluding hydrogens is 204 g/mol. The van der Waals surface area contributed by atoms with Gasteiger partial charge < -0.3 is 4.74 Å². The van der Waals surface area contributed by atoms with Crippen molar-refractivity contribution in [1.82, 2.24) is 9.78 Å². The van der Waals surface area contributed by atoms with E-state index in [1.165, 1.54) is 6.20 Å². The molecule has 4 nitrogen and oxygen atoms in total. The third-order valence-corrected chi connectivity index (χ3v) is 2.26. The number of carbonyl (C=O) groups excluding carboxylic acids is 1. The summed E-state index contributed by atoms with van der Waals surface area (Å²) >= 11 is 0. The number of hydrogen-bond acceptors (Lipinski definition) is 3. The van der Waals surface area contributed by atoms with Crippen molar-refractivity contribution in [3.63, 3.8) is 0 Å². The summed E-state index contributed by atoms with van der Waals surface area (Å²) in [6, 6.07) is 0.0770. The summed E-state index contributed by atoms with van der Waals surface area (Å²) in [5.74, 6) is -0.330. The summed E-state index contributed by atoms with van der Waals surface area (Å²) in [7, 11) is 0. The molecule has 0 bridgehead atoms. The zero-order chi connectivity index (χ0) is 11.4. The first-order chi connectivity index (χ1) is 7.81. The van der Waals surface area contributed by atoms with E-state index in [-0.39, 0.29) is 12.0 Å². The Bertz CT molecular complexity index is 432. The largest absolute Gasteiger partial charge is 0.462 e. The van der Waals surface area contributed by atoms with E-state index >= 15 is 0 Å². The molecule has 1 atom stereocenters. The third kappa shape index (κ3) is 2.21. The lowest BCUT2D eigenvalue weighted by Gasteiger charge is -2.12. The highest BCUT2D eigenvalue weighted by molar-refractivity contribution is 5.88. The van der Waals surface area contributed by atoms with E-state index in [9.17, 15) is 4.79 Å². The molecule has 0 aliphatic heterocycles. The van der Waals surface area contributed by atoms with Crippen LogP contribution < -0.4 is 0 Å². The SMILES string of the molecule is CCOC(=O)c1cnn(C2[CH]C=CC=C2)c1. The topological polar surface area (TPSA) is 44.1 Å². The average molecular weight is 217 g/mol. The van der Waals surface area contributed by atoms with Crippen LogP contribution in [0.4, 0.5) is 0 Å². The lowest BCUT2D eigenvalue weighted by Crippen LogP contribution is -2.08. The summed E-state index contributed by atoms with van der Waals surface area (Å²) in [5.41, 5.74) is 0.484. The van der Waals surface area contributed by atoms with Gasteiger partial charge in [-0.3, -0.25) is 4.68 Å². The van der Waals surface area contributed by atoms with Gasteiger partial charge in [0.1, 0.15) is 0 Å². The number of esters is 1. The Morgan fingerprint density at radius 1 is 1.50 bits per heavy atom. The first-order valence-electron chi connectivity index (χ1n) is 5.21. The lowest BCUT2D eigenvalue weighted by atomic mass is 10.1. The summed E-state index contributed by atoms with van der Waals surface area (Å²) in [6.07, 6.45) is 13.1. The Kier molecular flexibility index (Phi) is 3.19. The van der Waals surface area contributed by atoms with Crippen LogP contribution in [0, 0.1) is 6.42 Å². The molecule has 0 amide bonds. The van der Waals surface area contributed by atoms with Gasteiger partial charge in [0.25, 0.3) is 0 Å². The van der Waals surface area contributed by atoms with Crippen molar-refractivity contribution >= 4 is 5.97 Å². The molecule has 0 saturated heterocycles. The Labute approximate surface area is 94.2 Å². The third-order valence-electron chi connectivity index (χ3n) is 2.26. The maximum atomic E-state index is 11.4. The van der Waals surface area contributed by atoms with Gasteiger partial charge in [-0.2, -0.15) is 5.10 Å². The maximum absolute atomic E-state index is 11.4. The van der Waals surface area contributed by atoms with Crippen LogP contribution in [-0.4, -0.2) is 22.4 Å². The molecule has 0 N–H and O–H groups in total. The molecule has 0 fully saturated rings. The number of hydrogen-bond donors (Lipinski definition) is 0. The fourth-order valence-electron chi connectivity index (χ4n) is 1.48. The number of nitrogens with zero attached hydrogens (tertiary/aromatic N) is 2. The summed E-state index contributed by atoms with van der Waals surface area (Å²) in [4.78, 5) is 11.4. The van der Waals surface area contributed by atoms with Crippen molar-refractivity contribution in [2.75, 3.05) is 6.61 Å². The van der Waals surface area contributed by atoms with Crippen LogP contribution >= 0.6 is 0 Å². The van der Waals surface area contributed by atoms with Gasteiger partial charge in [-0.25, -0.2) is 4.79 Å². The van der Waals surface area contributed by atoms with Gasteiger partial charge in [0.15, 0.2) is 0 Å². The predicted octanol–water partition coefficient (Wildman–Crippen LogP) is 1.93. The Hall–Kier alpha value is -1.84. The fraction of sp³-hybridized carbons (Fsp3) is 0.250. The van der Waals surface area contributed by atoms with Gasteiger partial charge in [0.2, 0.25) is 0 Å². The van der Waals surface area contributed by atoms with E-state index in [1.54, 1.807) is 17.8 Å². The second kappa shape index (κ2) is 4.79. The van der Waals surface area contributed by atoms with Gasteiger partial charge in [0, 0.05) is 12.6 Å². The summed E-state index contributed by atoms with van der Waals surface area (Å²) in [5, 5.41) is 4.14. The van der Waals surface area contributed by atoms with E-state index in [2.05, 4.69) is 5.10 Å². The van der Waals surface area contributed by atoms with Crippen molar-refractivity contribution in [1.29, 1.82) is 0 Å². The van der Waals surface area contributed by atoms with Gasteiger partial charge in [-0.1, -0.05) is 24.3 Å². The van der Waals surface area contributed by atoms with E-state index in [0.717, 1.165) is 0 Å². The first kappa shape index (κ1) is 10.7. The number of ether oxygens (including phenoxy) is 1. The minimum Gasteiger partial charge on any atom is -0.462 e. The zero-order valence-electron chi connectivity index (χ0n) is 9.04. The lowest BCUT2D eigenvalue weighted by molar-refractivity contribution is 0.0526. The molecule has 0 saturated carbocycles. The summed E-state index contributed by atoms with van der Waals surface area (Å²) in [6.45, 7) is 2.16. The molecule has 83 valence electrons. The van der Waals surface area contributed by atoms with Gasteiger partial charge in [-0.15, -0.1) is 0 Å². The molecule has 1 aromatic heterocycles. The molecule has 16 heavy (non-hydrogen) atoms. The van der Waals surface area contributed by atoms with Crippen LogP contribution in [-0.2, 0) is 4.74 Å². The van der Waals surface area contributed by atoms with E-state index in [1.807, 2.05) is 30.7 Å². The minimum absolute atomic E-state index is 0.0770. The molecule has 4 heteroatoms. The Morgan fingerprint density at radius 3 is 3.06 bits per heavy atom. The van der Waals surface area contributed by atoms with Crippen LogP contribution in [0.3, 0.4) is 0 Å². The van der Waals surface area contributed by atoms with E-state index < -0.39 is 0 Å². The van der Waals surface area contributed by atoms with Crippen LogP contribution in [0.15, 0.2) is 36.7 Å². The van der Waals surface area contributed by atoms with E-state index in [0.29, 0.717) is 12.2 Å². The second-order valence-corrected chi connectivity index (χ2v) is 3.38. The molecule has 1 aliphatic rings. The Balaban J connectivity index is 2.10. The number of allylic oxidation sites excluding steroid dienone is 4. The van der Waals surface area contributed by atoms with Crippen molar-refractivity contribution < 1.29 is 9.53 Å². The highest BCUT2D eigenvalue weighted by Crippen LogP contribution is 2.16. The van der Waals surface area contributed by atoms with Crippen LogP contribution in [0.2, 0.25) is 0 Å². The smallest absolute Gasteiger partial charge is 0.341 e. The van der Waals surface area contributed by atoms with Crippen molar-refractivity contribution in [2.24, 2.45) is 0 Å². The Morgan fingerprint density at radius 2 is 2.38 bits per heavy atom.